The topological polar surface area (TPSA) is 57.6 Å². The van der Waals surface area contributed by atoms with E-state index in [1.807, 2.05) is 6.92 Å². The maximum absolute atomic E-state index is 12.8. The Bertz CT molecular complexity index is 359. The van der Waals surface area contributed by atoms with Crippen LogP contribution in [-0.4, -0.2) is 34.0 Å². The van der Waals surface area contributed by atoms with Gasteiger partial charge in [0, 0.05) is 12.0 Å². The minimum absolute atomic E-state index is 0.0144. The second kappa shape index (κ2) is 6.59. The van der Waals surface area contributed by atoms with E-state index in [1.54, 1.807) is 11.8 Å². The van der Waals surface area contributed by atoms with E-state index in [-0.39, 0.29) is 17.9 Å². The molecule has 0 radical (unpaired) electrons. The highest BCUT2D eigenvalue weighted by molar-refractivity contribution is 5.85. The van der Waals surface area contributed by atoms with Crippen molar-refractivity contribution in [3.05, 3.63) is 0 Å². The number of carbonyl (C=O) groups excluding carboxylic acids is 1. The molecule has 2 fully saturated rings. The van der Waals surface area contributed by atoms with Crippen LogP contribution in [0.1, 0.15) is 65.2 Å². The molecule has 114 valence electrons. The predicted octanol–water partition coefficient (Wildman–Crippen LogP) is 3.06. The number of carboxylic acid groups (broad SMARTS) is 1. The maximum atomic E-state index is 12.8. The van der Waals surface area contributed by atoms with E-state index in [0.717, 1.165) is 25.7 Å². The third kappa shape index (κ3) is 3.53. The minimum Gasteiger partial charge on any atom is -0.480 e. The van der Waals surface area contributed by atoms with Crippen molar-refractivity contribution >= 4 is 11.9 Å². The van der Waals surface area contributed by atoms with Crippen LogP contribution in [0.5, 0.6) is 0 Å². The Kier molecular flexibility index (Phi) is 5.06. The zero-order valence-electron chi connectivity index (χ0n) is 12.7. The molecule has 2 aliphatic rings. The van der Waals surface area contributed by atoms with Crippen LogP contribution in [0, 0.1) is 11.8 Å². The zero-order valence-corrected chi connectivity index (χ0v) is 12.7. The molecule has 0 aromatic heterocycles. The van der Waals surface area contributed by atoms with E-state index in [2.05, 4.69) is 0 Å². The Balaban J connectivity index is 2.01. The Morgan fingerprint density at radius 3 is 2.25 bits per heavy atom. The van der Waals surface area contributed by atoms with Gasteiger partial charge in [0.25, 0.3) is 0 Å². The van der Waals surface area contributed by atoms with Gasteiger partial charge in [-0.05, 0) is 38.5 Å². The third-order valence-corrected chi connectivity index (χ3v) is 4.90. The van der Waals surface area contributed by atoms with Crippen molar-refractivity contribution in [3.63, 3.8) is 0 Å². The van der Waals surface area contributed by atoms with Gasteiger partial charge in [-0.3, -0.25) is 4.79 Å². The molecule has 2 rings (SSSR count). The number of rotatable bonds is 7. The van der Waals surface area contributed by atoms with Gasteiger partial charge in [-0.25, -0.2) is 4.79 Å². The molecule has 2 saturated carbocycles. The average Bonchev–Trinajstić information content (AvgIpc) is 3.11. The van der Waals surface area contributed by atoms with E-state index >= 15 is 0 Å². The zero-order chi connectivity index (χ0) is 14.7. The van der Waals surface area contributed by atoms with E-state index in [0.29, 0.717) is 5.92 Å². The summed E-state index contributed by atoms with van der Waals surface area (Å²) < 4.78 is 0. The summed E-state index contributed by atoms with van der Waals surface area (Å²) >= 11 is 0. The largest absolute Gasteiger partial charge is 0.480 e. The van der Waals surface area contributed by atoms with Crippen LogP contribution in [0.15, 0.2) is 0 Å². The predicted molar refractivity (Wildman–Crippen MR) is 77.3 cm³/mol. The van der Waals surface area contributed by atoms with Crippen LogP contribution in [0.4, 0.5) is 0 Å². The molecule has 0 aromatic rings. The summed E-state index contributed by atoms with van der Waals surface area (Å²) in [5.74, 6) is -0.122. The van der Waals surface area contributed by atoms with E-state index in [4.69, 9.17) is 0 Å². The monoisotopic (exact) mass is 281 g/mol. The first-order valence-electron chi connectivity index (χ1n) is 8.09. The fourth-order valence-electron chi connectivity index (χ4n) is 3.46. The number of hydrogen-bond acceptors (Lipinski definition) is 2. The summed E-state index contributed by atoms with van der Waals surface area (Å²) in [6.45, 7) is 3.69. The first kappa shape index (κ1) is 15.3. The fraction of sp³-hybridized carbons (Fsp3) is 0.875. The van der Waals surface area contributed by atoms with Crippen LogP contribution in [0.25, 0.3) is 0 Å². The first-order valence-corrected chi connectivity index (χ1v) is 8.09. The van der Waals surface area contributed by atoms with Crippen molar-refractivity contribution in [2.24, 2.45) is 11.8 Å². The van der Waals surface area contributed by atoms with Gasteiger partial charge in [0.05, 0.1) is 0 Å². The molecule has 1 N–H and O–H groups in total. The van der Waals surface area contributed by atoms with Gasteiger partial charge < -0.3 is 10.0 Å². The molecule has 4 heteroatoms. The van der Waals surface area contributed by atoms with Gasteiger partial charge in [0.15, 0.2) is 0 Å². The standard InChI is InChI=1S/C16H27NO3/c1-3-13(10-12-6-4-5-7-12)15(18)17(14-8-9-14)11(2)16(19)20/h11-14H,3-10H2,1-2H3,(H,19,20). The van der Waals surface area contributed by atoms with Crippen LogP contribution in [-0.2, 0) is 9.59 Å². The lowest BCUT2D eigenvalue weighted by atomic mass is 9.90. The number of aliphatic carboxylic acids is 1. The second-order valence-electron chi connectivity index (χ2n) is 6.48. The summed E-state index contributed by atoms with van der Waals surface area (Å²) in [5.41, 5.74) is 0. The number of hydrogen-bond donors (Lipinski definition) is 1. The number of nitrogens with zero attached hydrogens (tertiary/aromatic N) is 1. The van der Waals surface area contributed by atoms with Gasteiger partial charge >= 0.3 is 5.97 Å². The van der Waals surface area contributed by atoms with Crippen molar-refractivity contribution in [1.82, 2.24) is 4.90 Å². The van der Waals surface area contributed by atoms with Crippen LogP contribution >= 0.6 is 0 Å². The molecule has 0 bridgehead atoms. The molecule has 0 aromatic carbocycles. The van der Waals surface area contributed by atoms with Crippen LogP contribution in [0.2, 0.25) is 0 Å². The summed E-state index contributed by atoms with van der Waals surface area (Å²) in [6.07, 6.45) is 8.74. The Morgan fingerprint density at radius 1 is 1.20 bits per heavy atom. The highest BCUT2D eigenvalue weighted by Gasteiger charge is 2.40. The summed E-state index contributed by atoms with van der Waals surface area (Å²) in [5, 5.41) is 9.22. The number of carbonyl (C=O) groups is 2. The molecule has 0 saturated heterocycles. The van der Waals surface area contributed by atoms with Gasteiger partial charge in [-0.1, -0.05) is 32.6 Å². The highest BCUT2D eigenvalue weighted by Crippen LogP contribution is 2.35. The Morgan fingerprint density at radius 2 is 1.80 bits per heavy atom. The molecule has 2 unspecified atom stereocenters. The Hall–Kier alpha value is -1.06. The highest BCUT2D eigenvalue weighted by atomic mass is 16.4. The Labute approximate surface area is 121 Å². The normalized spacial score (nSPS) is 22.5. The SMILES string of the molecule is CCC(CC1CCCC1)C(=O)N(C1CC1)C(C)C(=O)O. The number of carboxylic acids is 1. The third-order valence-electron chi connectivity index (χ3n) is 4.90. The summed E-state index contributed by atoms with van der Waals surface area (Å²) in [7, 11) is 0. The van der Waals surface area contributed by atoms with Crippen molar-refractivity contribution in [1.29, 1.82) is 0 Å². The molecule has 2 atom stereocenters. The molecule has 0 spiro atoms. The molecule has 0 heterocycles. The van der Waals surface area contributed by atoms with Gasteiger partial charge in [-0.2, -0.15) is 0 Å². The lowest BCUT2D eigenvalue weighted by Gasteiger charge is -2.31. The quantitative estimate of drug-likeness (QED) is 0.780. The van der Waals surface area contributed by atoms with Crippen LogP contribution in [0.3, 0.4) is 0 Å². The van der Waals surface area contributed by atoms with Crippen molar-refractivity contribution in [2.45, 2.75) is 77.3 Å². The molecule has 4 nitrogen and oxygen atoms in total. The van der Waals surface area contributed by atoms with E-state index in [1.165, 1.54) is 25.7 Å². The molecular weight excluding hydrogens is 254 g/mol. The van der Waals surface area contributed by atoms with Crippen molar-refractivity contribution < 1.29 is 14.7 Å². The lowest BCUT2D eigenvalue weighted by molar-refractivity contribution is -0.152. The van der Waals surface area contributed by atoms with Gasteiger partial charge in [-0.15, -0.1) is 0 Å². The maximum Gasteiger partial charge on any atom is 0.326 e. The molecule has 1 amide bonds. The fourth-order valence-corrected chi connectivity index (χ4v) is 3.46. The van der Waals surface area contributed by atoms with E-state index in [9.17, 15) is 14.7 Å². The molecule has 2 aliphatic carbocycles. The van der Waals surface area contributed by atoms with E-state index < -0.39 is 12.0 Å². The smallest absolute Gasteiger partial charge is 0.326 e. The summed E-state index contributed by atoms with van der Waals surface area (Å²) in [6, 6.07) is -0.515. The molecular formula is C16H27NO3. The molecule has 20 heavy (non-hydrogen) atoms. The van der Waals surface area contributed by atoms with Gasteiger partial charge in [0.1, 0.15) is 6.04 Å². The first-order chi connectivity index (χ1) is 9.54. The summed E-state index contributed by atoms with van der Waals surface area (Å²) in [4.78, 5) is 25.6. The van der Waals surface area contributed by atoms with Crippen molar-refractivity contribution in [3.8, 4) is 0 Å². The minimum atomic E-state index is -0.888. The van der Waals surface area contributed by atoms with Crippen LogP contribution < -0.4 is 0 Å². The second-order valence-corrected chi connectivity index (χ2v) is 6.48. The average molecular weight is 281 g/mol. The number of amides is 1. The molecule has 0 aliphatic heterocycles. The van der Waals surface area contributed by atoms with Crippen molar-refractivity contribution in [2.75, 3.05) is 0 Å². The lowest BCUT2D eigenvalue weighted by Crippen LogP contribution is -2.47. The van der Waals surface area contributed by atoms with Gasteiger partial charge in [0.2, 0.25) is 5.91 Å².